The minimum atomic E-state index is 0. The molecule has 2 heteroatoms. The summed E-state index contributed by atoms with van der Waals surface area (Å²) >= 11 is 0. The molecule has 0 unspecified atom stereocenters. The molecule has 0 aliphatic rings. The molecule has 0 N–H and O–H groups in total. The Labute approximate surface area is 49.0 Å². The zero-order valence-electron chi connectivity index (χ0n) is 2.56. The van der Waals surface area contributed by atoms with Gasteiger partial charge in [0.05, 0.1) is 0 Å². The molecule has 0 aromatic rings. The van der Waals surface area contributed by atoms with E-state index in [9.17, 15) is 0 Å². The molecule has 0 bridgehead atoms. The maximum absolute atomic E-state index is 4.00. The molecule has 0 spiro atoms. The monoisotopic (exact) mass is 281 g/mol. The molecule has 0 atom stereocenters. The van der Waals surface area contributed by atoms with Crippen LogP contribution in [0.15, 0.2) is 0 Å². The first-order valence-corrected chi connectivity index (χ1v) is 0.697. The Bertz CT molecular complexity index is 6.00. The Kier molecular flexibility index (Phi) is 20.0. The van der Waals surface area contributed by atoms with Crippen molar-refractivity contribution in [1.82, 2.24) is 0 Å². The summed E-state index contributed by atoms with van der Waals surface area (Å²) in [6.45, 7) is 0. The summed E-state index contributed by atoms with van der Waals surface area (Å²) in [6.07, 6.45) is 0. The average molecular weight is 282 g/mol. The Morgan fingerprint density at radius 3 is 1.75 bits per heavy atom. The van der Waals surface area contributed by atoms with E-state index in [0.29, 0.717) is 0 Å². The van der Waals surface area contributed by atoms with Gasteiger partial charge in [0.1, 0.15) is 0 Å². The zero-order chi connectivity index (χ0) is 2.71. The first-order chi connectivity index (χ1) is 1.41. The molecule has 1 nitrogen and oxygen atoms in total. The normalized spacial score (nSPS) is 4.50. The van der Waals surface area contributed by atoms with Crippen LogP contribution in [0.3, 0.4) is 0 Å². The fourth-order valence-corrected chi connectivity index (χ4v) is 0. The summed E-state index contributed by atoms with van der Waals surface area (Å²) in [5.41, 5.74) is 0. The van der Waals surface area contributed by atoms with Gasteiger partial charge in [-0.1, -0.05) is 0 Å². The second-order valence-electron chi connectivity index (χ2n) is 0.289. The minimum absolute atomic E-state index is 0. The zero-order valence-corrected chi connectivity index (χ0v) is 6.29. The average Bonchev–Trinajstić information content (AvgIpc) is 0.918. The van der Waals surface area contributed by atoms with Gasteiger partial charge in [0.2, 0.25) is 0 Å². The van der Waals surface area contributed by atoms with Crippen LogP contribution in [0.1, 0.15) is 0 Å². The molecule has 0 saturated carbocycles. The van der Waals surface area contributed by atoms with Crippen LogP contribution < -0.4 is 0 Å². The van der Waals surface area contributed by atoms with Crippen LogP contribution >= 0.6 is 0 Å². The molecular formula is C2H5NpO-. The van der Waals surface area contributed by atoms with E-state index in [1.54, 1.807) is 0 Å². The topological polar surface area (TPSA) is 9.23 Å². The molecule has 1 radical (unpaired) electrons. The summed E-state index contributed by atoms with van der Waals surface area (Å²) in [7, 11) is 4.50. The van der Waals surface area contributed by atoms with E-state index >= 15 is 0 Å². The Morgan fingerprint density at radius 1 is 1.75 bits per heavy atom. The van der Waals surface area contributed by atoms with Gasteiger partial charge in [0.25, 0.3) is 0 Å². The second kappa shape index (κ2) is 9.02. The van der Waals surface area contributed by atoms with Gasteiger partial charge in [-0.25, -0.2) is 7.11 Å². The van der Waals surface area contributed by atoms with Gasteiger partial charge in [0.15, 0.2) is 0 Å². The van der Waals surface area contributed by atoms with Gasteiger partial charge in [0, 0.05) is 29.9 Å². The van der Waals surface area contributed by atoms with Crippen molar-refractivity contribution in [2.75, 3.05) is 7.11 Å². The van der Waals surface area contributed by atoms with Crippen molar-refractivity contribution in [3.05, 3.63) is 7.11 Å². The van der Waals surface area contributed by atoms with E-state index in [1.165, 1.54) is 7.11 Å². The Morgan fingerprint density at radius 2 is 1.75 bits per heavy atom. The van der Waals surface area contributed by atoms with Crippen molar-refractivity contribution >= 4 is 0 Å². The van der Waals surface area contributed by atoms with Gasteiger partial charge < -0.3 is 4.74 Å². The molecule has 0 aromatic heterocycles. The summed E-state index contributed by atoms with van der Waals surface area (Å²) in [5, 5.41) is 0. The van der Waals surface area contributed by atoms with Crippen LogP contribution in [0, 0.1) is 37.1 Å². The Hall–Kier alpha value is 0.973. The van der Waals surface area contributed by atoms with Crippen LogP contribution in [-0.2, 0) is 4.74 Å². The van der Waals surface area contributed by atoms with Crippen LogP contribution in [0.2, 0.25) is 0 Å². The van der Waals surface area contributed by atoms with Crippen molar-refractivity contribution in [3.63, 3.8) is 0 Å². The van der Waals surface area contributed by atoms with E-state index in [2.05, 4.69) is 11.8 Å². The van der Waals surface area contributed by atoms with Gasteiger partial charge in [-0.3, -0.25) is 0 Å². The van der Waals surface area contributed by atoms with Crippen molar-refractivity contribution in [2.24, 2.45) is 0 Å². The minimum Gasteiger partial charge on any atom is -0.557 e. The molecule has 0 heterocycles. The maximum atomic E-state index is 4.00. The van der Waals surface area contributed by atoms with Crippen LogP contribution in [0.4, 0.5) is 0 Å². The molecule has 0 aromatic carbocycles. The predicted molar refractivity (Wildman–Crippen MR) is 12.4 cm³/mol. The first kappa shape index (κ1) is 8.88. The second-order valence-corrected chi connectivity index (χ2v) is 0.289. The number of ether oxygens (including phenoxy) is 1. The van der Waals surface area contributed by atoms with Crippen LogP contribution in [0.25, 0.3) is 0 Å². The van der Waals surface area contributed by atoms with Gasteiger partial charge in [-0.2, -0.15) is 0 Å². The SMILES string of the molecule is [CH2-]OC.[Np]. The standard InChI is InChI=1S/C2H5O.Np/c1-3-2;/h1H2,2H3;/q-1;. The first-order valence-electron chi connectivity index (χ1n) is 0.697. The fraction of sp³-hybridized carbons (Fsp3) is 0.500. The summed E-state index contributed by atoms with van der Waals surface area (Å²) in [4.78, 5) is 0. The predicted octanol–water partition coefficient (Wildman–Crippen LogP) is 0.424. The third kappa shape index (κ3) is 12.2. The number of rotatable bonds is 0. The number of methoxy groups -OCH3 is 1. The third-order valence-electron chi connectivity index (χ3n) is 0. The van der Waals surface area contributed by atoms with E-state index in [-0.39, 0.29) is 29.9 Å². The Balaban J connectivity index is 0. The molecule has 0 amide bonds. The fourth-order valence-electron chi connectivity index (χ4n) is 0. The van der Waals surface area contributed by atoms with Crippen LogP contribution in [-0.4, -0.2) is 7.11 Å². The summed E-state index contributed by atoms with van der Waals surface area (Å²) in [5.74, 6) is 0. The quantitative estimate of drug-likeness (QED) is 0.585. The van der Waals surface area contributed by atoms with Gasteiger partial charge >= 0.3 is 0 Å². The molecule has 0 aliphatic carbocycles. The molecule has 4 heavy (non-hydrogen) atoms. The van der Waals surface area contributed by atoms with E-state index in [0.717, 1.165) is 0 Å². The number of hydrogen-bond donors (Lipinski definition) is 0. The summed E-state index contributed by atoms with van der Waals surface area (Å²) < 4.78 is 4.00. The molecule has 0 saturated heterocycles. The van der Waals surface area contributed by atoms with E-state index in [1.807, 2.05) is 0 Å². The number of hydrogen-bond acceptors (Lipinski definition) is 1. The molecule has 0 fully saturated rings. The van der Waals surface area contributed by atoms with Crippen molar-refractivity contribution in [2.45, 2.75) is 0 Å². The largest absolute Gasteiger partial charge is 0.557 e. The van der Waals surface area contributed by atoms with Gasteiger partial charge in [-0.15, -0.1) is 0 Å². The van der Waals surface area contributed by atoms with Crippen molar-refractivity contribution in [1.29, 1.82) is 0 Å². The molecular weight excluding hydrogens is 277 g/mol. The summed E-state index contributed by atoms with van der Waals surface area (Å²) in [6, 6.07) is 0. The van der Waals surface area contributed by atoms with Crippen LogP contribution in [0.5, 0.6) is 0 Å². The van der Waals surface area contributed by atoms with Crippen molar-refractivity contribution < 1.29 is 34.7 Å². The third-order valence-corrected chi connectivity index (χ3v) is 0. The maximum Gasteiger partial charge on any atom is 0 e. The molecule has 0 rings (SSSR count). The van der Waals surface area contributed by atoms with E-state index < -0.39 is 0 Å². The van der Waals surface area contributed by atoms with Gasteiger partial charge in [-0.05, 0) is 7.11 Å². The molecule has 0 aliphatic heterocycles. The van der Waals surface area contributed by atoms with E-state index in [4.69, 9.17) is 0 Å². The molecule has 25 valence electrons. The van der Waals surface area contributed by atoms with Crippen molar-refractivity contribution in [3.8, 4) is 0 Å². The smallest absolute Gasteiger partial charge is 0 e.